The van der Waals surface area contributed by atoms with E-state index in [1.165, 1.54) is 44.7 Å². The number of benzene rings is 2. The summed E-state index contributed by atoms with van der Waals surface area (Å²) in [6.07, 6.45) is 1.38. The first-order valence-corrected chi connectivity index (χ1v) is 8.61. The Balaban J connectivity index is 1.78. The Morgan fingerprint density at radius 3 is 2.34 bits per heavy atom. The standard InChI is InChI=1S/C21H19FN2O5/c1-12-15(8-9-29-12)21(26)24-17-11-14(5-6-16(17)22)23-20(25)13-4-7-18(27-2)19(10-13)28-3/h4-11H,1-3H3,(H,23,25)(H,24,26). The van der Waals surface area contributed by atoms with E-state index in [9.17, 15) is 14.0 Å². The van der Waals surface area contributed by atoms with Gasteiger partial charge in [-0.2, -0.15) is 0 Å². The van der Waals surface area contributed by atoms with Crippen LogP contribution in [0.15, 0.2) is 53.1 Å². The predicted molar refractivity (Wildman–Crippen MR) is 105 cm³/mol. The van der Waals surface area contributed by atoms with Crippen molar-refractivity contribution in [3.8, 4) is 11.5 Å². The van der Waals surface area contributed by atoms with Gasteiger partial charge in [0, 0.05) is 11.3 Å². The van der Waals surface area contributed by atoms with Crippen LogP contribution in [0.1, 0.15) is 26.5 Å². The number of methoxy groups -OCH3 is 2. The van der Waals surface area contributed by atoms with Crippen molar-refractivity contribution >= 4 is 23.2 Å². The van der Waals surface area contributed by atoms with E-state index >= 15 is 0 Å². The monoisotopic (exact) mass is 398 g/mol. The van der Waals surface area contributed by atoms with Crippen molar-refractivity contribution in [1.82, 2.24) is 0 Å². The van der Waals surface area contributed by atoms with Crippen molar-refractivity contribution in [3.05, 3.63) is 71.4 Å². The van der Waals surface area contributed by atoms with Gasteiger partial charge in [-0.3, -0.25) is 9.59 Å². The second kappa shape index (κ2) is 8.47. The summed E-state index contributed by atoms with van der Waals surface area (Å²) < 4.78 is 29.6. The highest BCUT2D eigenvalue weighted by atomic mass is 19.1. The van der Waals surface area contributed by atoms with Crippen molar-refractivity contribution < 1.29 is 27.9 Å². The highest BCUT2D eigenvalue weighted by molar-refractivity contribution is 6.07. The van der Waals surface area contributed by atoms with Crippen LogP contribution in [0.5, 0.6) is 11.5 Å². The number of hydrogen-bond donors (Lipinski definition) is 2. The van der Waals surface area contributed by atoms with E-state index in [0.717, 1.165) is 6.07 Å². The SMILES string of the molecule is COc1ccc(C(=O)Nc2ccc(F)c(NC(=O)c3ccoc3C)c2)cc1OC. The molecule has 29 heavy (non-hydrogen) atoms. The summed E-state index contributed by atoms with van der Waals surface area (Å²) in [5.41, 5.74) is 0.863. The van der Waals surface area contributed by atoms with E-state index in [4.69, 9.17) is 13.9 Å². The lowest BCUT2D eigenvalue weighted by Crippen LogP contribution is -2.15. The lowest BCUT2D eigenvalue weighted by atomic mass is 10.1. The lowest BCUT2D eigenvalue weighted by Gasteiger charge is -2.11. The Morgan fingerprint density at radius 1 is 0.931 bits per heavy atom. The zero-order chi connectivity index (χ0) is 21.0. The molecule has 3 aromatic rings. The second-order valence-electron chi connectivity index (χ2n) is 6.06. The molecular weight excluding hydrogens is 379 g/mol. The van der Waals surface area contributed by atoms with E-state index in [-0.39, 0.29) is 5.69 Å². The Morgan fingerprint density at radius 2 is 1.69 bits per heavy atom. The fourth-order valence-electron chi connectivity index (χ4n) is 2.69. The maximum atomic E-state index is 14.1. The first kappa shape index (κ1) is 19.9. The number of hydrogen-bond acceptors (Lipinski definition) is 5. The van der Waals surface area contributed by atoms with Crippen molar-refractivity contribution in [2.45, 2.75) is 6.92 Å². The molecule has 8 heteroatoms. The second-order valence-corrected chi connectivity index (χ2v) is 6.06. The third kappa shape index (κ3) is 4.37. The highest BCUT2D eigenvalue weighted by Gasteiger charge is 2.15. The average molecular weight is 398 g/mol. The van der Waals surface area contributed by atoms with Crippen LogP contribution < -0.4 is 20.1 Å². The Bertz CT molecular complexity index is 1060. The van der Waals surface area contributed by atoms with Crippen LogP contribution in [0.4, 0.5) is 15.8 Å². The van der Waals surface area contributed by atoms with Gasteiger partial charge in [0.25, 0.3) is 11.8 Å². The zero-order valence-electron chi connectivity index (χ0n) is 16.0. The summed E-state index contributed by atoms with van der Waals surface area (Å²) in [6.45, 7) is 1.63. The maximum Gasteiger partial charge on any atom is 0.259 e. The van der Waals surface area contributed by atoms with Gasteiger partial charge in [0.15, 0.2) is 11.5 Å². The van der Waals surface area contributed by atoms with Crippen molar-refractivity contribution in [3.63, 3.8) is 0 Å². The van der Waals surface area contributed by atoms with Gasteiger partial charge in [-0.05, 0) is 49.4 Å². The fourth-order valence-corrected chi connectivity index (χ4v) is 2.69. The molecule has 0 aliphatic rings. The third-order valence-corrected chi connectivity index (χ3v) is 4.22. The number of anilines is 2. The average Bonchev–Trinajstić information content (AvgIpc) is 3.15. The predicted octanol–water partition coefficient (Wildman–Crippen LogP) is 4.25. The van der Waals surface area contributed by atoms with Crippen LogP contribution in [0.3, 0.4) is 0 Å². The molecule has 0 atom stereocenters. The van der Waals surface area contributed by atoms with Crippen LogP contribution in [0, 0.1) is 12.7 Å². The number of rotatable bonds is 6. The molecule has 0 unspecified atom stereocenters. The van der Waals surface area contributed by atoms with Crippen LogP contribution in [0.2, 0.25) is 0 Å². The minimum atomic E-state index is -0.636. The Hall–Kier alpha value is -3.81. The largest absolute Gasteiger partial charge is 0.493 e. The molecule has 1 aromatic heterocycles. The van der Waals surface area contributed by atoms with Gasteiger partial charge in [0.05, 0.1) is 31.7 Å². The smallest absolute Gasteiger partial charge is 0.259 e. The summed E-state index contributed by atoms with van der Waals surface area (Å²) in [7, 11) is 2.97. The van der Waals surface area contributed by atoms with E-state index < -0.39 is 17.6 Å². The molecule has 0 saturated heterocycles. The molecule has 2 N–H and O–H groups in total. The maximum absolute atomic E-state index is 14.1. The summed E-state index contributed by atoms with van der Waals surface area (Å²) in [4.78, 5) is 24.8. The van der Waals surface area contributed by atoms with Gasteiger partial charge < -0.3 is 24.5 Å². The zero-order valence-corrected chi connectivity index (χ0v) is 16.0. The van der Waals surface area contributed by atoms with E-state index in [0.29, 0.717) is 34.1 Å². The molecule has 0 aliphatic carbocycles. The summed E-state index contributed by atoms with van der Waals surface area (Å²) in [5.74, 6) is -0.267. The normalized spacial score (nSPS) is 10.3. The first-order valence-electron chi connectivity index (χ1n) is 8.61. The minimum Gasteiger partial charge on any atom is -0.493 e. The van der Waals surface area contributed by atoms with Crippen LogP contribution in [-0.4, -0.2) is 26.0 Å². The van der Waals surface area contributed by atoms with Gasteiger partial charge in [0.2, 0.25) is 0 Å². The molecule has 2 aromatic carbocycles. The number of amides is 2. The number of carbonyl (C=O) groups excluding carboxylic acids is 2. The number of aryl methyl sites for hydroxylation is 1. The molecule has 0 aliphatic heterocycles. The molecule has 3 rings (SSSR count). The fraction of sp³-hybridized carbons (Fsp3) is 0.143. The lowest BCUT2D eigenvalue weighted by molar-refractivity contribution is 0.101. The van der Waals surface area contributed by atoms with Crippen molar-refractivity contribution in [2.24, 2.45) is 0 Å². The Kier molecular flexibility index (Phi) is 5.82. The number of nitrogens with one attached hydrogen (secondary N) is 2. The molecular formula is C21H19FN2O5. The van der Waals surface area contributed by atoms with Crippen molar-refractivity contribution in [2.75, 3.05) is 24.9 Å². The quantitative estimate of drug-likeness (QED) is 0.648. The number of carbonyl (C=O) groups is 2. The summed E-state index contributed by atoms with van der Waals surface area (Å²) in [6, 6.07) is 10.1. The van der Waals surface area contributed by atoms with Gasteiger partial charge in [-0.25, -0.2) is 4.39 Å². The number of furan rings is 1. The molecule has 0 fully saturated rings. The highest BCUT2D eigenvalue weighted by Crippen LogP contribution is 2.28. The topological polar surface area (TPSA) is 89.8 Å². The number of ether oxygens (including phenoxy) is 2. The molecule has 1 heterocycles. The van der Waals surface area contributed by atoms with Crippen LogP contribution >= 0.6 is 0 Å². The molecule has 2 amide bonds. The third-order valence-electron chi connectivity index (χ3n) is 4.22. The van der Waals surface area contributed by atoms with E-state index in [2.05, 4.69) is 10.6 Å². The number of halogens is 1. The van der Waals surface area contributed by atoms with Gasteiger partial charge in [-0.1, -0.05) is 0 Å². The molecule has 0 bridgehead atoms. The molecule has 7 nitrogen and oxygen atoms in total. The van der Waals surface area contributed by atoms with Crippen LogP contribution in [-0.2, 0) is 0 Å². The van der Waals surface area contributed by atoms with Gasteiger partial charge in [-0.15, -0.1) is 0 Å². The first-order chi connectivity index (χ1) is 13.9. The summed E-state index contributed by atoms with van der Waals surface area (Å²) >= 11 is 0. The molecule has 150 valence electrons. The van der Waals surface area contributed by atoms with Gasteiger partial charge in [0.1, 0.15) is 11.6 Å². The Labute approximate surface area is 166 Å². The van der Waals surface area contributed by atoms with Gasteiger partial charge >= 0.3 is 0 Å². The van der Waals surface area contributed by atoms with E-state index in [1.807, 2.05) is 0 Å². The van der Waals surface area contributed by atoms with Crippen molar-refractivity contribution in [1.29, 1.82) is 0 Å². The van der Waals surface area contributed by atoms with Crippen LogP contribution in [0.25, 0.3) is 0 Å². The summed E-state index contributed by atoms with van der Waals surface area (Å²) in [5, 5.41) is 5.14. The molecule has 0 saturated carbocycles. The molecule has 0 spiro atoms. The molecule has 0 radical (unpaired) electrons. The minimum absolute atomic E-state index is 0.0688. The van der Waals surface area contributed by atoms with E-state index in [1.54, 1.807) is 19.1 Å².